The second-order valence-corrected chi connectivity index (χ2v) is 8.08. The Morgan fingerprint density at radius 3 is 2.83 bits per heavy atom. The van der Waals surface area contributed by atoms with Crippen LogP contribution in [0.4, 0.5) is 10.1 Å². The van der Waals surface area contributed by atoms with Gasteiger partial charge in [0.05, 0.1) is 16.3 Å². The normalized spacial score (nSPS) is 10.9. The van der Waals surface area contributed by atoms with Crippen LogP contribution in [0.15, 0.2) is 59.1 Å². The van der Waals surface area contributed by atoms with Crippen LogP contribution in [-0.2, 0) is 11.2 Å². The number of aromatic nitrogens is 2. The lowest BCUT2D eigenvalue weighted by Gasteiger charge is -2.07. The summed E-state index contributed by atoms with van der Waals surface area (Å²) in [5, 5.41) is 6.85. The standard InChI is InChI=1S/C21H15ClFN3O2S/c1-12-5-8-18(29-12)20-25-21(28-26-20)14-3-2-4-15(11-14)24-19(27)10-13-6-7-16(22)17(23)9-13/h2-9,11H,10H2,1H3,(H,24,27). The Hall–Kier alpha value is -3.03. The zero-order valence-electron chi connectivity index (χ0n) is 15.3. The maximum absolute atomic E-state index is 13.5. The first kappa shape index (κ1) is 19.3. The van der Waals surface area contributed by atoms with E-state index in [-0.39, 0.29) is 17.4 Å². The van der Waals surface area contributed by atoms with Crippen LogP contribution in [0.5, 0.6) is 0 Å². The predicted octanol–water partition coefficient (Wildman–Crippen LogP) is 5.75. The molecule has 1 amide bonds. The van der Waals surface area contributed by atoms with Crippen LogP contribution in [0, 0.1) is 12.7 Å². The van der Waals surface area contributed by atoms with Crippen molar-refractivity contribution in [3.8, 4) is 22.2 Å². The first-order chi connectivity index (χ1) is 14.0. The molecule has 4 aromatic rings. The first-order valence-corrected chi connectivity index (χ1v) is 9.92. The van der Waals surface area contributed by atoms with Crippen LogP contribution in [0.2, 0.25) is 5.02 Å². The molecule has 0 saturated heterocycles. The van der Waals surface area contributed by atoms with Gasteiger partial charge in [-0.05, 0) is 55.0 Å². The summed E-state index contributed by atoms with van der Waals surface area (Å²) in [7, 11) is 0. The van der Waals surface area contributed by atoms with Crippen molar-refractivity contribution >= 4 is 34.5 Å². The summed E-state index contributed by atoms with van der Waals surface area (Å²) in [6.07, 6.45) is 0.0285. The van der Waals surface area contributed by atoms with Crippen molar-refractivity contribution in [3.63, 3.8) is 0 Å². The highest BCUT2D eigenvalue weighted by Gasteiger charge is 2.13. The zero-order valence-corrected chi connectivity index (χ0v) is 16.9. The number of carbonyl (C=O) groups excluding carboxylic acids is 1. The molecule has 5 nitrogen and oxygen atoms in total. The van der Waals surface area contributed by atoms with Crippen LogP contribution >= 0.6 is 22.9 Å². The molecule has 29 heavy (non-hydrogen) atoms. The fourth-order valence-electron chi connectivity index (χ4n) is 2.77. The minimum atomic E-state index is -0.549. The fraction of sp³-hybridized carbons (Fsp3) is 0.0952. The number of thiophene rings is 1. The number of anilines is 1. The topological polar surface area (TPSA) is 68.0 Å². The minimum Gasteiger partial charge on any atom is -0.334 e. The van der Waals surface area contributed by atoms with E-state index in [1.807, 2.05) is 25.1 Å². The number of amides is 1. The molecule has 1 N–H and O–H groups in total. The van der Waals surface area contributed by atoms with Crippen molar-refractivity contribution in [1.82, 2.24) is 10.1 Å². The number of aryl methyl sites for hydroxylation is 1. The molecule has 2 heterocycles. The molecule has 8 heteroatoms. The molecule has 0 aliphatic carbocycles. The molecule has 2 aromatic carbocycles. The van der Waals surface area contributed by atoms with E-state index in [1.54, 1.807) is 35.6 Å². The lowest BCUT2D eigenvalue weighted by Crippen LogP contribution is -2.14. The molecule has 0 unspecified atom stereocenters. The van der Waals surface area contributed by atoms with Gasteiger partial charge in [-0.3, -0.25) is 4.79 Å². The summed E-state index contributed by atoms with van der Waals surface area (Å²) < 4.78 is 18.9. The van der Waals surface area contributed by atoms with Crippen LogP contribution in [0.25, 0.3) is 22.2 Å². The van der Waals surface area contributed by atoms with Crippen molar-refractivity contribution in [1.29, 1.82) is 0 Å². The average Bonchev–Trinajstić information content (AvgIpc) is 3.34. The van der Waals surface area contributed by atoms with Crippen molar-refractivity contribution in [2.24, 2.45) is 0 Å². The lowest BCUT2D eigenvalue weighted by molar-refractivity contribution is -0.115. The third-order valence-corrected chi connectivity index (χ3v) is 5.43. The number of nitrogens with zero attached hydrogens (tertiary/aromatic N) is 2. The minimum absolute atomic E-state index is 0.0264. The van der Waals surface area contributed by atoms with Crippen LogP contribution in [-0.4, -0.2) is 16.0 Å². The molecular formula is C21H15ClFN3O2S. The Kier molecular flexibility index (Phi) is 5.42. The van der Waals surface area contributed by atoms with Crippen LogP contribution in [0.1, 0.15) is 10.4 Å². The van der Waals surface area contributed by atoms with Gasteiger partial charge in [-0.25, -0.2) is 4.39 Å². The molecule has 0 spiro atoms. The van der Waals surface area contributed by atoms with E-state index < -0.39 is 5.82 Å². The number of benzene rings is 2. The van der Waals surface area contributed by atoms with Gasteiger partial charge in [0.25, 0.3) is 5.89 Å². The number of nitrogens with one attached hydrogen (secondary N) is 1. The van der Waals surface area contributed by atoms with E-state index in [1.165, 1.54) is 12.1 Å². The molecule has 0 atom stereocenters. The van der Waals surface area contributed by atoms with Crippen LogP contribution in [0.3, 0.4) is 0 Å². The van der Waals surface area contributed by atoms with Gasteiger partial charge in [0, 0.05) is 16.1 Å². The Balaban J connectivity index is 1.48. The molecule has 0 fully saturated rings. The summed E-state index contributed by atoms with van der Waals surface area (Å²) in [6.45, 7) is 2.01. The van der Waals surface area contributed by atoms with Crippen molar-refractivity contribution in [2.75, 3.05) is 5.32 Å². The molecule has 4 rings (SSSR count). The zero-order chi connectivity index (χ0) is 20.4. The van der Waals surface area contributed by atoms with E-state index in [2.05, 4.69) is 15.5 Å². The molecule has 0 aliphatic heterocycles. The van der Waals surface area contributed by atoms with Gasteiger partial charge in [-0.15, -0.1) is 11.3 Å². The first-order valence-electron chi connectivity index (χ1n) is 8.73. The summed E-state index contributed by atoms with van der Waals surface area (Å²) in [6, 6.07) is 15.4. The number of hydrogen-bond donors (Lipinski definition) is 1. The number of halogens is 2. The van der Waals surface area contributed by atoms with E-state index in [9.17, 15) is 9.18 Å². The molecule has 0 radical (unpaired) electrons. The molecule has 0 bridgehead atoms. The largest absolute Gasteiger partial charge is 0.334 e. The highest BCUT2D eigenvalue weighted by atomic mass is 35.5. The summed E-state index contributed by atoms with van der Waals surface area (Å²) in [5.41, 5.74) is 1.80. The summed E-state index contributed by atoms with van der Waals surface area (Å²) in [5.74, 6) is 0.0653. The van der Waals surface area contributed by atoms with Gasteiger partial charge < -0.3 is 9.84 Å². The Morgan fingerprint density at radius 2 is 2.07 bits per heavy atom. The van der Waals surface area contributed by atoms with Crippen LogP contribution < -0.4 is 5.32 Å². The SMILES string of the molecule is Cc1ccc(-c2noc(-c3cccc(NC(=O)Cc4ccc(Cl)c(F)c4)c3)n2)s1. The highest BCUT2D eigenvalue weighted by Crippen LogP contribution is 2.28. The van der Waals surface area contributed by atoms with E-state index in [0.29, 0.717) is 28.5 Å². The number of rotatable bonds is 5. The Bertz CT molecular complexity index is 1190. The monoisotopic (exact) mass is 427 g/mol. The second-order valence-electron chi connectivity index (χ2n) is 6.39. The van der Waals surface area contributed by atoms with Gasteiger partial charge in [0.15, 0.2) is 0 Å². The Morgan fingerprint density at radius 1 is 1.21 bits per heavy atom. The highest BCUT2D eigenvalue weighted by molar-refractivity contribution is 7.15. The second kappa shape index (κ2) is 8.14. The predicted molar refractivity (Wildman–Crippen MR) is 112 cm³/mol. The smallest absolute Gasteiger partial charge is 0.258 e. The van der Waals surface area contributed by atoms with Gasteiger partial charge in [-0.1, -0.05) is 28.9 Å². The fourth-order valence-corrected chi connectivity index (χ4v) is 3.68. The van der Waals surface area contributed by atoms with E-state index in [4.69, 9.17) is 16.1 Å². The van der Waals surface area contributed by atoms with Gasteiger partial charge >= 0.3 is 0 Å². The third-order valence-electron chi connectivity index (χ3n) is 4.13. The quantitative estimate of drug-likeness (QED) is 0.440. The van der Waals surface area contributed by atoms with E-state index >= 15 is 0 Å². The van der Waals surface area contributed by atoms with Gasteiger partial charge in [-0.2, -0.15) is 4.98 Å². The summed E-state index contributed by atoms with van der Waals surface area (Å²) in [4.78, 5) is 18.8. The van der Waals surface area contributed by atoms with E-state index in [0.717, 1.165) is 9.75 Å². The van der Waals surface area contributed by atoms with Gasteiger partial charge in [0.2, 0.25) is 11.7 Å². The molecule has 2 aromatic heterocycles. The maximum atomic E-state index is 13.5. The lowest BCUT2D eigenvalue weighted by atomic mass is 10.1. The molecule has 146 valence electrons. The average molecular weight is 428 g/mol. The molecular weight excluding hydrogens is 413 g/mol. The Labute approximate surface area is 175 Å². The summed E-state index contributed by atoms with van der Waals surface area (Å²) >= 11 is 7.26. The molecule has 0 saturated carbocycles. The number of hydrogen-bond acceptors (Lipinski definition) is 5. The third kappa shape index (κ3) is 4.52. The van der Waals surface area contributed by atoms with Crippen molar-refractivity contribution < 1.29 is 13.7 Å². The number of carbonyl (C=O) groups is 1. The maximum Gasteiger partial charge on any atom is 0.258 e. The van der Waals surface area contributed by atoms with Gasteiger partial charge in [0.1, 0.15) is 5.82 Å². The van der Waals surface area contributed by atoms with Crippen molar-refractivity contribution in [3.05, 3.63) is 75.9 Å². The molecule has 0 aliphatic rings. The van der Waals surface area contributed by atoms with Crippen molar-refractivity contribution in [2.45, 2.75) is 13.3 Å².